The average Bonchev–Trinajstić information content (AvgIpc) is 2.34. The minimum absolute atomic E-state index is 0.0767. The molecule has 0 saturated carbocycles. The Bertz CT molecular complexity index is 563. The standard InChI is InChI=1S/C15H15NO2/c1-10-8-13(17)9-14(15(10)18)11-4-6-12(7-5-11)16(2)3/h4-9H,1-3H3. The first-order valence-electron chi connectivity index (χ1n) is 5.75. The lowest BCUT2D eigenvalue weighted by atomic mass is 9.91. The molecule has 0 bridgehead atoms. The molecule has 1 aliphatic carbocycles. The lowest BCUT2D eigenvalue weighted by Crippen LogP contribution is -2.12. The van der Waals surface area contributed by atoms with Crippen molar-refractivity contribution in [1.82, 2.24) is 0 Å². The predicted octanol–water partition coefficient (Wildman–Crippen LogP) is 2.23. The molecular weight excluding hydrogens is 226 g/mol. The van der Waals surface area contributed by atoms with E-state index in [9.17, 15) is 9.59 Å². The lowest BCUT2D eigenvalue weighted by molar-refractivity contribution is -0.113. The van der Waals surface area contributed by atoms with Gasteiger partial charge in [0.25, 0.3) is 0 Å². The molecule has 0 aromatic heterocycles. The Morgan fingerprint density at radius 1 is 0.944 bits per heavy atom. The monoisotopic (exact) mass is 241 g/mol. The minimum Gasteiger partial charge on any atom is -0.378 e. The van der Waals surface area contributed by atoms with Crippen LogP contribution < -0.4 is 4.90 Å². The van der Waals surface area contributed by atoms with Crippen LogP contribution in [0, 0.1) is 0 Å². The zero-order chi connectivity index (χ0) is 13.3. The van der Waals surface area contributed by atoms with Crippen LogP contribution in [0.5, 0.6) is 0 Å². The number of carbonyl (C=O) groups excluding carboxylic acids is 2. The normalized spacial score (nSPS) is 15.3. The fourth-order valence-electron chi connectivity index (χ4n) is 1.89. The molecule has 0 aliphatic heterocycles. The number of ketones is 2. The van der Waals surface area contributed by atoms with E-state index < -0.39 is 0 Å². The maximum Gasteiger partial charge on any atom is 0.189 e. The maximum atomic E-state index is 12.0. The number of hydrogen-bond donors (Lipinski definition) is 0. The van der Waals surface area contributed by atoms with Gasteiger partial charge in [-0.3, -0.25) is 9.59 Å². The van der Waals surface area contributed by atoms with Gasteiger partial charge in [0.2, 0.25) is 0 Å². The molecule has 1 aliphatic rings. The van der Waals surface area contributed by atoms with Gasteiger partial charge in [0, 0.05) is 30.9 Å². The first-order chi connectivity index (χ1) is 8.49. The summed E-state index contributed by atoms with van der Waals surface area (Å²) in [6.45, 7) is 1.67. The van der Waals surface area contributed by atoms with E-state index in [0.29, 0.717) is 11.1 Å². The third-order valence-corrected chi connectivity index (χ3v) is 2.94. The number of rotatable bonds is 2. The second-order valence-electron chi connectivity index (χ2n) is 4.56. The van der Waals surface area contributed by atoms with Gasteiger partial charge in [0.15, 0.2) is 11.6 Å². The summed E-state index contributed by atoms with van der Waals surface area (Å²) in [5.41, 5.74) is 2.81. The van der Waals surface area contributed by atoms with Crippen LogP contribution in [-0.2, 0) is 9.59 Å². The molecule has 0 fully saturated rings. The Labute approximate surface area is 106 Å². The Morgan fingerprint density at radius 3 is 2.11 bits per heavy atom. The van der Waals surface area contributed by atoms with Gasteiger partial charge in [-0.05, 0) is 36.8 Å². The summed E-state index contributed by atoms with van der Waals surface area (Å²) < 4.78 is 0. The zero-order valence-electron chi connectivity index (χ0n) is 10.7. The average molecular weight is 241 g/mol. The minimum atomic E-state index is -0.126. The lowest BCUT2D eigenvalue weighted by Gasteiger charge is -2.14. The molecule has 3 heteroatoms. The van der Waals surface area contributed by atoms with Crippen molar-refractivity contribution in [2.75, 3.05) is 19.0 Å². The number of benzene rings is 1. The maximum absolute atomic E-state index is 12.0. The van der Waals surface area contributed by atoms with E-state index in [2.05, 4.69) is 0 Å². The Balaban J connectivity index is 2.37. The van der Waals surface area contributed by atoms with E-state index in [0.717, 1.165) is 11.3 Å². The van der Waals surface area contributed by atoms with Gasteiger partial charge < -0.3 is 4.90 Å². The summed E-state index contributed by atoms with van der Waals surface area (Å²) in [6.07, 6.45) is 2.78. The molecule has 0 N–H and O–H groups in total. The van der Waals surface area contributed by atoms with Crippen LogP contribution in [0.2, 0.25) is 0 Å². The molecule has 0 radical (unpaired) electrons. The van der Waals surface area contributed by atoms with Crippen LogP contribution in [0.1, 0.15) is 12.5 Å². The molecule has 0 atom stereocenters. The van der Waals surface area contributed by atoms with E-state index in [-0.39, 0.29) is 11.6 Å². The third-order valence-electron chi connectivity index (χ3n) is 2.94. The number of carbonyl (C=O) groups is 2. The zero-order valence-corrected chi connectivity index (χ0v) is 10.7. The Kier molecular flexibility index (Phi) is 3.15. The molecule has 1 aromatic rings. The van der Waals surface area contributed by atoms with Crippen molar-refractivity contribution in [3.05, 3.63) is 47.6 Å². The predicted molar refractivity (Wildman–Crippen MR) is 72.5 cm³/mol. The van der Waals surface area contributed by atoms with Crippen molar-refractivity contribution in [2.45, 2.75) is 6.92 Å². The topological polar surface area (TPSA) is 37.4 Å². The molecule has 0 heterocycles. The summed E-state index contributed by atoms with van der Waals surface area (Å²) in [5, 5.41) is 0. The van der Waals surface area contributed by atoms with Crippen molar-refractivity contribution in [2.24, 2.45) is 0 Å². The molecule has 0 spiro atoms. The Hall–Kier alpha value is -2.16. The number of hydrogen-bond acceptors (Lipinski definition) is 3. The highest BCUT2D eigenvalue weighted by atomic mass is 16.1. The van der Waals surface area contributed by atoms with Crippen LogP contribution in [0.3, 0.4) is 0 Å². The van der Waals surface area contributed by atoms with E-state index in [4.69, 9.17) is 0 Å². The van der Waals surface area contributed by atoms with Gasteiger partial charge in [-0.25, -0.2) is 0 Å². The van der Waals surface area contributed by atoms with Crippen molar-refractivity contribution in [3.63, 3.8) is 0 Å². The van der Waals surface area contributed by atoms with Crippen molar-refractivity contribution >= 4 is 22.8 Å². The molecule has 0 unspecified atom stereocenters. The second kappa shape index (κ2) is 4.61. The van der Waals surface area contributed by atoms with Crippen LogP contribution in [-0.4, -0.2) is 25.7 Å². The van der Waals surface area contributed by atoms with Crippen molar-refractivity contribution in [3.8, 4) is 0 Å². The van der Waals surface area contributed by atoms with E-state index in [1.54, 1.807) is 6.92 Å². The van der Waals surface area contributed by atoms with E-state index in [1.807, 2.05) is 43.3 Å². The Morgan fingerprint density at radius 2 is 1.56 bits per heavy atom. The third kappa shape index (κ3) is 2.25. The van der Waals surface area contributed by atoms with Crippen LogP contribution in [0.4, 0.5) is 5.69 Å². The number of nitrogens with zero attached hydrogens (tertiary/aromatic N) is 1. The van der Waals surface area contributed by atoms with Crippen LogP contribution in [0.25, 0.3) is 5.57 Å². The molecule has 18 heavy (non-hydrogen) atoms. The van der Waals surface area contributed by atoms with Gasteiger partial charge >= 0.3 is 0 Å². The first kappa shape index (κ1) is 12.3. The van der Waals surface area contributed by atoms with Crippen LogP contribution in [0.15, 0.2) is 42.0 Å². The summed E-state index contributed by atoms with van der Waals surface area (Å²) >= 11 is 0. The summed E-state index contributed by atoms with van der Waals surface area (Å²) in [7, 11) is 3.91. The van der Waals surface area contributed by atoms with Gasteiger partial charge in [-0.15, -0.1) is 0 Å². The van der Waals surface area contributed by atoms with Crippen LogP contribution >= 0.6 is 0 Å². The van der Waals surface area contributed by atoms with Gasteiger partial charge in [0.1, 0.15) is 0 Å². The smallest absolute Gasteiger partial charge is 0.189 e. The fourth-order valence-corrected chi connectivity index (χ4v) is 1.89. The van der Waals surface area contributed by atoms with Gasteiger partial charge in [-0.2, -0.15) is 0 Å². The summed E-state index contributed by atoms with van der Waals surface area (Å²) in [4.78, 5) is 25.4. The molecule has 0 saturated heterocycles. The molecule has 0 amide bonds. The SMILES string of the molecule is CC1=CC(=O)C=C(c2ccc(N(C)C)cc2)C1=O. The largest absolute Gasteiger partial charge is 0.378 e. The number of Topliss-reactive ketones (excluding diaryl/α,β-unsaturated/α-hetero) is 1. The summed E-state index contributed by atoms with van der Waals surface area (Å²) in [5.74, 6) is -0.203. The first-order valence-corrected chi connectivity index (χ1v) is 5.75. The van der Waals surface area contributed by atoms with Crippen molar-refractivity contribution in [1.29, 1.82) is 0 Å². The number of allylic oxidation sites excluding steroid dienone is 4. The quantitative estimate of drug-likeness (QED) is 0.745. The highest BCUT2D eigenvalue weighted by molar-refractivity contribution is 6.36. The van der Waals surface area contributed by atoms with Gasteiger partial charge in [0.05, 0.1) is 0 Å². The number of anilines is 1. The molecule has 3 nitrogen and oxygen atoms in total. The van der Waals surface area contributed by atoms with Crippen molar-refractivity contribution < 1.29 is 9.59 Å². The van der Waals surface area contributed by atoms with E-state index in [1.165, 1.54) is 12.2 Å². The molecular formula is C15H15NO2. The molecule has 92 valence electrons. The second-order valence-corrected chi connectivity index (χ2v) is 4.56. The highest BCUT2D eigenvalue weighted by Crippen LogP contribution is 2.24. The van der Waals surface area contributed by atoms with E-state index >= 15 is 0 Å². The highest BCUT2D eigenvalue weighted by Gasteiger charge is 2.19. The summed E-state index contributed by atoms with van der Waals surface area (Å²) in [6, 6.07) is 7.60. The molecule has 2 rings (SSSR count). The fraction of sp³-hybridized carbons (Fsp3) is 0.200. The molecule has 1 aromatic carbocycles. The van der Waals surface area contributed by atoms with Gasteiger partial charge in [-0.1, -0.05) is 12.1 Å².